The van der Waals surface area contributed by atoms with Gasteiger partial charge in [-0.05, 0) is 12.8 Å². The summed E-state index contributed by atoms with van der Waals surface area (Å²) in [6.07, 6.45) is 8.02. The highest BCUT2D eigenvalue weighted by molar-refractivity contribution is 6.14. The molecule has 1 saturated carbocycles. The number of H-pyrrole nitrogens is 1. The number of nitrogens with zero attached hydrogens (tertiary/aromatic N) is 4. The van der Waals surface area contributed by atoms with Gasteiger partial charge < -0.3 is 5.32 Å². The lowest BCUT2D eigenvalue weighted by Gasteiger charge is -2.22. The molecule has 7 heteroatoms. The van der Waals surface area contributed by atoms with Gasteiger partial charge in [-0.1, -0.05) is 0 Å². The molecule has 2 N–H and O–H groups in total. The van der Waals surface area contributed by atoms with E-state index in [1.807, 2.05) is 17.0 Å². The van der Waals surface area contributed by atoms with Gasteiger partial charge >= 0.3 is 0 Å². The molecule has 1 aliphatic heterocycles. The molecule has 6 nitrogen and oxygen atoms in total. The van der Waals surface area contributed by atoms with E-state index in [2.05, 4.69) is 26.6 Å². The Balaban J connectivity index is 1.61. The normalized spacial score (nSPS) is 18.2. The number of aromatic amines is 1. The van der Waals surface area contributed by atoms with Crippen LogP contribution in [0, 0.1) is 0 Å². The molecule has 1 aliphatic carbocycles. The van der Waals surface area contributed by atoms with Gasteiger partial charge in [0.1, 0.15) is 11.6 Å². The lowest BCUT2D eigenvalue weighted by Crippen LogP contribution is -2.21. The number of halogens is 1. The van der Waals surface area contributed by atoms with Crippen LogP contribution in [0.4, 0.5) is 5.82 Å². The fraction of sp³-hybridized carbons (Fsp3) is 0.333. The van der Waals surface area contributed by atoms with Crippen molar-refractivity contribution in [2.75, 3.05) is 5.32 Å². The van der Waals surface area contributed by atoms with Crippen LogP contribution in [0.2, 0.25) is 0 Å². The summed E-state index contributed by atoms with van der Waals surface area (Å²) in [7, 11) is 0. The summed E-state index contributed by atoms with van der Waals surface area (Å²) in [5, 5.41) is 10.6. The number of nitrogens with one attached hydrogen (secondary N) is 2. The van der Waals surface area contributed by atoms with E-state index in [1.165, 1.54) is 18.5 Å². The summed E-state index contributed by atoms with van der Waals surface area (Å²) in [5.74, 6) is 3.22. The molecule has 1 fully saturated rings. The number of anilines is 1. The van der Waals surface area contributed by atoms with Crippen molar-refractivity contribution in [3.05, 3.63) is 36.2 Å². The minimum Gasteiger partial charge on any atom is -0.323 e. The Morgan fingerprint density at radius 2 is 2.32 bits per heavy atom. The molecule has 0 atom stereocenters. The number of imidazole rings is 1. The van der Waals surface area contributed by atoms with Gasteiger partial charge in [-0.3, -0.25) is 14.1 Å². The first-order valence-electron chi connectivity index (χ1n) is 6.29. The van der Waals surface area contributed by atoms with Crippen molar-refractivity contribution in [3.8, 4) is 0 Å². The molecule has 2 aromatic rings. The van der Waals surface area contributed by atoms with Crippen LogP contribution in [0.3, 0.4) is 0 Å². The molecule has 19 heavy (non-hydrogen) atoms. The Morgan fingerprint density at radius 1 is 1.42 bits per heavy atom. The zero-order valence-electron chi connectivity index (χ0n) is 10.2. The Bertz CT molecular complexity index is 638. The number of aromatic nitrogens is 4. The quantitative estimate of drug-likeness (QED) is 0.845. The maximum atomic E-state index is 6.06. The number of hydrogen-bond acceptors (Lipinski definition) is 4. The van der Waals surface area contributed by atoms with Crippen molar-refractivity contribution in [1.82, 2.24) is 24.2 Å². The predicted molar refractivity (Wildman–Crippen MR) is 72.1 cm³/mol. The van der Waals surface area contributed by atoms with E-state index in [0.717, 1.165) is 17.5 Å². The molecule has 0 unspecified atom stereocenters. The van der Waals surface area contributed by atoms with Crippen LogP contribution in [-0.4, -0.2) is 24.2 Å². The third kappa shape index (κ3) is 1.98. The van der Waals surface area contributed by atoms with E-state index in [1.54, 1.807) is 10.6 Å². The fourth-order valence-corrected chi connectivity index (χ4v) is 2.47. The van der Waals surface area contributed by atoms with Crippen LogP contribution in [0.15, 0.2) is 24.7 Å². The third-order valence-electron chi connectivity index (χ3n) is 3.40. The average molecular weight is 277 g/mol. The summed E-state index contributed by atoms with van der Waals surface area (Å²) in [5.41, 5.74) is 1.20. The standard InChI is InChI=1S/C12H13ClN6/c13-18-6-11-14-3-4-19(11)12(7-18)15-10-5-9(16-17-10)8-1-2-8/h3-5,7-8H,1-2,6H2,(H2,15,16,17). The van der Waals surface area contributed by atoms with Crippen molar-refractivity contribution in [2.45, 2.75) is 25.3 Å². The summed E-state index contributed by atoms with van der Waals surface area (Å²) in [6, 6.07) is 2.06. The van der Waals surface area contributed by atoms with Crippen LogP contribution in [0.1, 0.15) is 30.3 Å². The second kappa shape index (κ2) is 4.03. The lowest BCUT2D eigenvalue weighted by atomic mass is 10.3. The molecule has 2 aromatic heterocycles. The van der Waals surface area contributed by atoms with Gasteiger partial charge in [0.15, 0.2) is 5.82 Å². The zero-order chi connectivity index (χ0) is 12.8. The minimum absolute atomic E-state index is 0.591. The third-order valence-corrected chi connectivity index (χ3v) is 3.62. The SMILES string of the molecule is ClN1C=C(Nc2cc(C3CC3)[nH]n2)n2ccnc2C1. The van der Waals surface area contributed by atoms with E-state index in [9.17, 15) is 0 Å². The molecule has 0 aromatic carbocycles. The van der Waals surface area contributed by atoms with Crippen LogP contribution in [0.25, 0.3) is 5.82 Å². The number of fused-ring (bicyclic) bond motifs is 1. The first-order valence-corrected chi connectivity index (χ1v) is 6.62. The molecular formula is C12H13ClN6. The van der Waals surface area contributed by atoms with Crippen LogP contribution < -0.4 is 5.32 Å². The molecule has 3 heterocycles. The number of rotatable bonds is 3. The highest BCUT2D eigenvalue weighted by atomic mass is 35.5. The molecule has 98 valence electrons. The van der Waals surface area contributed by atoms with Crippen molar-refractivity contribution < 1.29 is 0 Å². The van der Waals surface area contributed by atoms with Gasteiger partial charge in [0.05, 0.1) is 12.7 Å². The van der Waals surface area contributed by atoms with Crippen LogP contribution in [0.5, 0.6) is 0 Å². The first-order chi connectivity index (χ1) is 9.29. The Hall–Kier alpha value is -1.95. The van der Waals surface area contributed by atoms with Crippen molar-refractivity contribution >= 4 is 23.4 Å². The molecule has 4 rings (SSSR count). The molecule has 0 amide bonds. The molecule has 0 spiro atoms. The first kappa shape index (κ1) is 10.9. The molecule has 0 radical (unpaired) electrons. The monoisotopic (exact) mass is 276 g/mol. The summed E-state index contributed by atoms with van der Waals surface area (Å²) in [6.45, 7) is 0.591. The largest absolute Gasteiger partial charge is 0.323 e. The van der Waals surface area contributed by atoms with E-state index < -0.39 is 0 Å². The van der Waals surface area contributed by atoms with E-state index >= 15 is 0 Å². The van der Waals surface area contributed by atoms with Gasteiger partial charge in [-0.2, -0.15) is 5.10 Å². The van der Waals surface area contributed by atoms with E-state index in [4.69, 9.17) is 11.8 Å². The second-order valence-corrected chi connectivity index (χ2v) is 5.33. The fourth-order valence-electron chi connectivity index (χ4n) is 2.27. The average Bonchev–Trinajstić information content (AvgIpc) is 2.95. The molecular weight excluding hydrogens is 264 g/mol. The summed E-state index contributed by atoms with van der Waals surface area (Å²) >= 11 is 6.06. The summed E-state index contributed by atoms with van der Waals surface area (Å²) in [4.78, 5) is 4.27. The van der Waals surface area contributed by atoms with Crippen molar-refractivity contribution in [3.63, 3.8) is 0 Å². The van der Waals surface area contributed by atoms with Crippen LogP contribution in [-0.2, 0) is 6.54 Å². The highest BCUT2D eigenvalue weighted by Gasteiger charge is 2.26. The summed E-state index contributed by atoms with van der Waals surface area (Å²) < 4.78 is 3.56. The zero-order valence-corrected chi connectivity index (χ0v) is 10.9. The van der Waals surface area contributed by atoms with Gasteiger partial charge in [0, 0.05) is 41.8 Å². The van der Waals surface area contributed by atoms with Crippen molar-refractivity contribution in [2.24, 2.45) is 0 Å². The Morgan fingerprint density at radius 3 is 3.16 bits per heavy atom. The predicted octanol–water partition coefficient (Wildman–Crippen LogP) is 2.32. The van der Waals surface area contributed by atoms with Gasteiger partial charge in [-0.25, -0.2) is 4.98 Å². The van der Waals surface area contributed by atoms with Gasteiger partial charge in [0.2, 0.25) is 0 Å². The highest BCUT2D eigenvalue weighted by Crippen LogP contribution is 2.39. The Kier molecular flexibility index (Phi) is 2.32. The maximum absolute atomic E-state index is 6.06. The topological polar surface area (TPSA) is 61.8 Å². The molecule has 0 saturated heterocycles. The molecule has 0 bridgehead atoms. The van der Waals surface area contributed by atoms with E-state index in [-0.39, 0.29) is 0 Å². The van der Waals surface area contributed by atoms with Gasteiger partial charge in [-0.15, -0.1) is 0 Å². The smallest absolute Gasteiger partial charge is 0.153 e. The Labute approximate surface area is 115 Å². The maximum Gasteiger partial charge on any atom is 0.153 e. The lowest BCUT2D eigenvalue weighted by molar-refractivity contribution is 0.546. The molecule has 2 aliphatic rings. The van der Waals surface area contributed by atoms with Crippen LogP contribution >= 0.6 is 11.8 Å². The van der Waals surface area contributed by atoms with E-state index in [0.29, 0.717) is 12.5 Å². The number of hydrogen-bond donors (Lipinski definition) is 2. The second-order valence-electron chi connectivity index (χ2n) is 4.89. The minimum atomic E-state index is 0.591. The van der Waals surface area contributed by atoms with Gasteiger partial charge in [0.25, 0.3) is 0 Å². The van der Waals surface area contributed by atoms with Crippen molar-refractivity contribution in [1.29, 1.82) is 0 Å².